The molecule has 1 aliphatic rings. The molecule has 1 fully saturated rings. The highest BCUT2D eigenvalue weighted by atomic mass is 16.4. The lowest BCUT2D eigenvalue weighted by atomic mass is 10.4. The van der Waals surface area contributed by atoms with Crippen LogP contribution in [0.2, 0.25) is 0 Å². The van der Waals surface area contributed by atoms with Crippen molar-refractivity contribution in [2.45, 2.75) is 6.42 Å². The molecule has 1 rings (SSSR count). The Kier molecular flexibility index (Phi) is 4.49. The van der Waals surface area contributed by atoms with Crippen LogP contribution in [0.15, 0.2) is 12.2 Å². The van der Waals surface area contributed by atoms with Gasteiger partial charge >= 0.3 is 5.97 Å². The maximum absolute atomic E-state index is 10.2. The first-order chi connectivity index (χ1) is 6.29. The quantitative estimate of drug-likeness (QED) is 0.602. The predicted octanol–water partition coefficient (Wildman–Crippen LogP) is -0.0775. The average molecular weight is 184 g/mol. The highest BCUT2D eigenvalue weighted by Gasteiger charge is 2.05. The monoisotopic (exact) mass is 184 g/mol. The van der Waals surface area contributed by atoms with E-state index in [1.54, 1.807) is 6.08 Å². The van der Waals surface area contributed by atoms with E-state index >= 15 is 0 Å². The number of hydrogen-bond donors (Lipinski definition) is 2. The summed E-state index contributed by atoms with van der Waals surface area (Å²) in [6.45, 7) is 4.87. The van der Waals surface area contributed by atoms with E-state index in [1.165, 1.54) is 6.08 Å². The highest BCUT2D eigenvalue weighted by Crippen LogP contribution is 1.94. The minimum atomic E-state index is -0.868. The van der Waals surface area contributed by atoms with E-state index in [2.05, 4.69) is 10.2 Å². The summed E-state index contributed by atoms with van der Waals surface area (Å²) in [5.41, 5.74) is 0. The van der Waals surface area contributed by atoms with Crippen molar-refractivity contribution >= 4 is 5.97 Å². The molecule has 1 saturated heterocycles. The first-order valence-corrected chi connectivity index (χ1v) is 4.61. The SMILES string of the molecule is O=C(O)C=CCN1CCCNCC1. The van der Waals surface area contributed by atoms with Crippen LogP contribution in [0.25, 0.3) is 0 Å². The van der Waals surface area contributed by atoms with Crippen molar-refractivity contribution in [3.8, 4) is 0 Å². The van der Waals surface area contributed by atoms with E-state index in [0.717, 1.165) is 39.1 Å². The number of rotatable bonds is 3. The number of carboxylic acids is 1. The van der Waals surface area contributed by atoms with Crippen LogP contribution in [-0.2, 0) is 4.79 Å². The van der Waals surface area contributed by atoms with E-state index < -0.39 is 5.97 Å². The third-order valence-electron chi connectivity index (χ3n) is 2.06. The molecule has 13 heavy (non-hydrogen) atoms. The Bertz CT molecular complexity index is 184. The molecule has 0 atom stereocenters. The van der Waals surface area contributed by atoms with Gasteiger partial charge in [0, 0.05) is 25.7 Å². The van der Waals surface area contributed by atoms with Crippen molar-refractivity contribution in [2.75, 3.05) is 32.7 Å². The first kappa shape index (κ1) is 10.2. The molecule has 0 aromatic carbocycles. The smallest absolute Gasteiger partial charge is 0.328 e. The second kappa shape index (κ2) is 5.72. The molecule has 1 aliphatic heterocycles. The molecule has 0 radical (unpaired) electrons. The molecule has 0 amide bonds. The molecule has 0 spiro atoms. The van der Waals surface area contributed by atoms with Crippen molar-refractivity contribution in [3.63, 3.8) is 0 Å². The third-order valence-corrected chi connectivity index (χ3v) is 2.06. The molecule has 4 heteroatoms. The van der Waals surface area contributed by atoms with Crippen LogP contribution in [0, 0.1) is 0 Å². The fraction of sp³-hybridized carbons (Fsp3) is 0.667. The van der Waals surface area contributed by atoms with Gasteiger partial charge in [0.1, 0.15) is 0 Å². The van der Waals surface area contributed by atoms with Crippen LogP contribution < -0.4 is 5.32 Å². The summed E-state index contributed by atoms with van der Waals surface area (Å²) in [6, 6.07) is 0. The molecule has 1 heterocycles. The zero-order valence-corrected chi connectivity index (χ0v) is 7.70. The van der Waals surface area contributed by atoms with Crippen LogP contribution in [0.4, 0.5) is 0 Å². The van der Waals surface area contributed by atoms with Gasteiger partial charge in [-0.3, -0.25) is 4.90 Å². The number of carboxylic acid groups (broad SMARTS) is 1. The summed E-state index contributed by atoms with van der Waals surface area (Å²) < 4.78 is 0. The zero-order chi connectivity index (χ0) is 9.52. The lowest BCUT2D eigenvalue weighted by molar-refractivity contribution is -0.131. The molecule has 2 N–H and O–H groups in total. The van der Waals surface area contributed by atoms with Gasteiger partial charge in [-0.2, -0.15) is 0 Å². The molecular formula is C9H16N2O2. The van der Waals surface area contributed by atoms with E-state index in [1.807, 2.05) is 0 Å². The standard InChI is InChI=1S/C9H16N2O2/c12-9(13)3-1-6-11-7-2-4-10-5-8-11/h1,3,10H,2,4-8H2,(H,12,13). The minimum absolute atomic E-state index is 0.744. The molecule has 0 aliphatic carbocycles. The Balaban J connectivity index is 2.22. The van der Waals surface area contributed by atoms with Crippen LogP contribution in [0.3, 0.4) is 0 Å². The van der Waals surface area contributed by atoms with Gasteiger partial charge in [0.15, 0.2) is 0 Å². The predicted molar refractivity (Wildman–Crippen MR) is 50.7 cm³/mol. The van der Waals surface area contributed by atoms with Gasteiger partial charge in [-0.15, -0.1) is 0 Å². The largest absolute Gasteiger partial charge is 0.478 e. The maximum Gasteiger partial charge on any atom is 0.328 e. The normalized spacial score (nSPS) is 20.3. The zero-order valence-electron chi connectivity index (χ0n) is 7.70. The summed E-state index contributed by atoms with van der Waals surface area (Å²) >= 11 is 0. The average Bonchev–Trinajstić information content (AvgIpc) is 2.32. The molecular weight excluding hydrogens is 168 g/mol. The fourth-order valence-corrected chi connectivity index (χ4v) is 1.39. The Hall–Kier alpha value is -0.870. The van der Waals surface area contributed by atoms with Gasteiger partial charge in [0.05, 0.1) is 0 Å². The number of carbonyl (C=O) groups is 1. The first-order valence-electron chi connectivity index (χ1n) is 4.61. The summed E-state index contributed by atoms with van der Waals surface area (Å²) in [5.74, 6) is -0.868. The Labute approximate surface area is 78.2 Å². The van der Waals surface area contributed by atoms with Gasteiger partial charge in [0.25, 0.3) is 0 Å². The Morgan fingerprint density at radius 2 is 2.31 bits per heavy atom. The lowest BCUT2D eigenvalue weighted by Crippen LogP contribution is -2.28. The number of nitrogens with one attached hydrogen (secondary N) is 1. The molecule has 0 aromatic rings. The number of aliphatic carboxylic acids is 1. The third kappa shape index (κ3) is 4.65. The van der Waals surface area contributed by atoms with Crippen molar-refractivity contribution in [2.24, 2.45) is 0 Å². The molecule has 0 saturated carbocycles. The maximum atomic E-state index is 10.2. The molecule has 0 unspecified atom stereocenters. The van der Waals surface area contributed by atoms with Gasteiger partial charge < -0.3 is 10.4 Å². The van der Waals surface area contributed by atoms with E-state index in [9.17, 15) is 4.79 Å². The lowest BCUT2D eigenvalue weighted by Gasteiger charge is -2.16. The topological polar surface area (TPSA) is 52.6 Å². The van der Waals surface area contributed by atoms with E-state index in [-0.39, 0.29) is 0 Å². The van der Waals surface area contributed by atoms with Crippen molar-refractivity contribution in [1.82, 2.24) is 10.2 Å². The summed E-state index contributed by atoms with van der Waals surface area (Å²) in [7, 11) is 0. The fourth-order valence-electron chi connectivity index (χ4n) is 1.39. The van der Waals surface area contributed by atoms with Gasteiger partial charge in [-0.1, -0.05) is 6.08 Å². The van der Waals surface area contributed by atoms with Crippen LogP contribution in [0.1, 0.15) is 6.42 Å². The molecule has 0 aromatic heterocycles. The van der Waals surface area contributed by atoms with Crippen molar-refractivity contribution in [1.29, 1.82) is 0 Å². The van der Waals surface area contributed by atoms with E-state index in [0.29, 0.717) is 0 Å². The Morgan fingerprint density at radius 1 is 1.46 bits per heavy atom. The van der Waals surface area contributed by atoms with Gasteiger partial charge in [0.2, 0.25) is 0 Å². The molecule has 74 valence electrons. The van der Waals surface area contributed by atoms with Crippen molar-refractivity contribution in [3.05, 3.63) is 12.2 Å². The van der Waals surface area contributed by atoms with Crippen LogP contribution >= 0.6 is 0 Å². The van der Waals surface area contributed by atoms with Crippen LogP contribution in [0.5, 0.6) is 0 Å². The second-order valence-corrected chi connectivity index (χ2v) is 3.14. The van der Waals surface area contributed by atoms with Crippen molar-refractivity contribution < 1.29 is 9.90 Å². The summed E-state index contributed by atoms with van der Waals surface area (Å²) in [6.07, 6.45) is 4.05. The van der Waals surface area contributed by atoms with Gasteiger partial charge in [-0.05, 0) is 19.5 Å². The highest BCUT2D eigenvalue weighted by molar-refractivity contribution is 5.79. The summed E-state index contributed by atoms with van der Waals surface area (Å²) in [5, 5.41) is 11.7. The molecule has 4 nitrogen and oxygen atoms in total. The van der Waals surface area contributed by atoms with E-state index in [4.69, 9.17) is 5.11 Å². The van der Waals surface area contributed by atoms with Crippen LogP contribution in [-0.4, -0.2) is 48.7 Å². The van der Waals surface area contributed by atoms with Gasteiger partial charge in [-0.25, -0.2) is 4.79 Å². The summed E-state index contributed by atoms with van der Waals surface area (Å²) in [4.78, 5) is 12.4. The molecule has 0 bridgehead atoms. The minimum Gasteiger partial charge on any atom is -0.478 e. The number of nitrogens with zero attached hydrogens (tertiary/aromatic N) is 1. The second-order valence-electron chi connectivity index (χ2n) is 3.14. The number of hydrogen-bond acceptors (Lipinski definition) is 3. The Morgan fingerprint density at radius 3 is 3.08 bits per heavy atom.